The largest absolute Gasteiger partial charge is 0.424 e. The molecule has 1 aromatic rings. The lowest BCUT2D eigenvalue weighted by Gasteiger charge is -2.27. The van der Waals surface area contributed by atoms with E-state index in [0.29, 0.717) is 11.9 Å². The molecule has 0 bridgehead atoms. The summed E-state index contributed by atoms with van der Waals surface area (Å²) in [6, 6.07) is 0.655. The maximum Gasteiger partial charge on any atom is 0.230 e. The Balaban J connectivity index is 1.94. The number of thioether (sulfide) groups is 1. The zero-order chi connectivity index (χ0) is 11.5. The maximum atomic E-state index is 5.41. The van der Waals surface area contributed by atoms with Gasteiger partial charge in [0, 0.05) is 18.2 Å². The summed E-state index contributed by atoms with van der Waals surface area (Å²) in [6.45, 7) is 2.60. The van der Waals surface area contributed by atoms with Gasteiger partial charge in [0.2, 0.25) is 11.8 Å². The van der Waals surface area contributed by atoms with Crippen molar-refractivity contribution < 1.29 is 4.42 Å². The topological polar surface area (TPSA) is 42.2 Å². The van der Waals surface area contributed by atoms with Gasteiger partial charge in [0.1, 0.15) is 0 Å². The average molecular weight is 241 g/mol. The lowest BCUT2D eigenvalue weighted by atomic mass is 10.2. The van der Waals surface area contributed by atoms with Crippen LogP contribution in [0.2, 0.25) is 0 Å². The molecule has 1 heterocycles. The number of aromatic nitrogens is 2. The van der Waals surface area contributed by atoms with Crippen LogP contribution < -0.4 is 0 Å². The summed E-state index contributed by atoms with van der Waals surface area (Å²) < 4.78 is 5.41. The van der Waals surface area contributed by atoms with Crippen LogP contribution in [-0.4, -0.2) is 39.7 Å². The normalized spacial score (nSPS) is 25.5. The molecule has 0 N–H and O–H groups in total. The highest BCUT2D eigenvalue weighted by atomic mass is 32.2. The molecule has 1 aromatic heterocycles. The summed E-state index contributed by atoms with van der Waals surface area (Å²) in [4.78, 5) is 2.35. The van der Waals surface area contributed by atoms with Crippen LogP contribution >= 0.6 is 11.8 Å². The van der Waals surface area contributed by atoms with Gasteiger partial charge in [-0.1, -0.05) is 6.42 Å². The van der Waals surface area contributed by atoms with Crippen LogP contribution in [0.15, 0.2) is 4.42 Å². The maximum absolute atomic E-state index is 5.41. The predicted molar refractivity (Wildman–Crippen MR) is 65.4 cm³/mol. The van der Waals surface area contributed by atoms with Crippen LogP contribution in [0.3, 0.4) is 0 Å². The van der Waals surface area contributed by atoms with E-state index < -0.39 is 0 Å². The van der Waals surface area contributed by atoms with E-state index in [1.165, 1.54) is 19.3 Å². The van der Waals surface area contributed by atoms with E-state index in [1.807, 2.05) is 18.7 Å². The Bertz CT molecular complexity index is 342. The van der Waals surface area contributed by atoms with Crippen LogP contribution in [-0.2, 0) is 6.54 Å². The number of rotatable bonds is 4. The zero-order valence-electron chi connectivity index (χ0n) is 10.1. The van der Waals surface area contributed by atoms with Crippen molar-refractivity contribution in [3.63, 3.8) is 0 Å². The molecule has 0 amide bonds. The molecule has 0 aromatic carbocycles. The van der Waals surface area contributed by atoms with Gasteiger partial charge in [-0.3, -0.25) is 4.90 Å². The standard InChI is InChI=1S/C11H19N3OS/c1-8-12-13-11(15-8)7-14(2)9-5-4-6-10(9)16-3/h9-10H,4-7H2,1-3H3/t9-,10-/m1/s1. The van der Waals surface area contributed by atoms with Crippen LogP contribution in [0.5, 0.6) is 0 Å². The molecule has 4 nitrogen and oxygen atoms in total. The Hall–Kier alpha value is -0.550. The minimum Gasteiger partial charge on any atom is -0.424 e. The van der Waals surface area contributed by atoms with E-state index in [2.05, 4.69) is 28.4 Å². The summed E-state index contributed by atoms with van der Waals surface area (Å²) in [5, 5.41) is 8.66. The summed E-state index contributed by atoms with van der Waals surface area (Å²) in [7, 11) is 2.15. The predicted octanol–water partition coefficient (Wildman–Crippen LogP) is 2.09. The van der Waals surface area contributed by atoms with Gasteiger partial charge in [0.15, 0.2) is 0 Å². The van der Waals surface area contributed by atoms with E-state index in [-0.39, 0.29) is 0 Å². The second kappa shape index (κ2) is 5.19. The van der Waals surface area contributed by atoms with E-state index >= 15 is 0 Å². The summed E-state index contributed by atoms with van der Waals surface area (Å²) >= 11 is 1.98. The van der Waals surface area contributed by atoms with Crippen molar-refractivity contribution in [1.29, 1.82) is 0 Å². The molecule has 1 aliphatic carbocycles. The van der Waals surface area contributed by atoms with Gasteiger partial charge in [0.25, 0.3) is 0 Å². The van der Waals surface area contributed by atoms with Crippen molar-refractivity contribution in [1.82, 2.24) is 15.1 Å². The third-order valence-corrected chi connectivity index (χ3v) is 4.39. The smallest absolute Gasteiger partial charge is 0.230 e. The highest BCUT2D eigenvalue weighted by Crippen LogP contribution is 2.32. The van der Waals surface area contributed by atoms with Gasteiger partial charge in [-0.2, -0.15) is 11.8 Å². The average Bonchev–Trinajstić information content (AvgIpc) is 2.86. The van der Waals surface area contributed by atoms with Gasteiger partial charge in [-0.25, -0.2) is 0 Å². The molecule has 0 saturated heterocycles. The minimum absolute atomic E-state index is 0.649. The first kappa shape index (κ1) is 11.9. The molecule has 2 rings (SSSR count). The van der Waals surface area contributed by atoms with E-state index in [1.54, 1.807) is 0 Å². The Labute approximate surface area is 101 Å². The number of hydrogen-bond donors (Lipinski definition) is 0. The quantitative estimate of drug-likeness (QED) is 0.807. The second-order valence-corrected chi connectivity index (χ2v) is 5.48. The lowest BCUT2D eigenvalue weighted by molar-refractivity contribution is 0.217. The molecule has 0 radical (unpaired) electrons. The van der Waals surface area contributed by atoms with E-state index in [0.717, 1.165) is 17.7 Å². The van der Waals surface area contributed by atoms with Crippen LogP contribution in [0.25, 0.3) is 0 Å². The summed E-state index contributed by atoms with van der Waals surface area (Å²) in [5.41, 5.74) is 0. The molecule has 0 aliphatic heterocycles. The Morgan fingerprint density at radius 1 is 1.44 bits per heavy atom. The molecule has 1 aliphatic rings. The summed E-state index contributed by atoms with van der Waals surface area (Å²) in [5.74, 6) is 1.38. The monoisotopic (exact) mass is 241 g/mol. The molecule has 16 heavy (non-hydrogen) atoms. The number of aryl methyl sites for hydroxylation is 1. The van der Waals surface area contributed by atoms with Crippen molar-refractivity contribution >= 4 is 11.8 Å². The molecular weight excluding hydrogens is 222 g/mol. The first-order chi connectivity index (χ1) is 7.70. The molecular formula is C11H19N3OS. The molecule has 1 fully saturated rings. The highest BCUT2D eigenvalue weighted by Gasteiger charge is 2.30. The fourth-order valence-corrected chi connectivity index (χ4v) is 3.48. The fourth-order valence-electron chi connectivity index (χ4n) is 2.42. The van der Waals surface area contributed by atoms with Crippen molar-refractivity contribution in [3.05, 3.63) is 11.8 Å². The van der Waals surface area contributed by atoms with Crippen molar-refractivity contribution in [2.75, 3.05) is 13.3 Å². The molecule has 1 saturated carbocycles. The van der Waals surface area contributed by atoms with Gasteiger partial charge in [-0.15, -0.1) is 10.2 Å². The third-order valence-electron chi connectivity index (χ3n) is 3.24. The van der Waals surface area contributed by atoms with Gasteiger partial charge < -0.3 is 4.42 Å². The fraction of sp³-hybridized carbons (Fsp3) is 0.818. The SMILES string of the molecule is CS[C@@H]1CCC[C@H]1N(C)Cc1nnc(C)o1. The number of nitrogens with zero attached hydrogens (tertiary/aromatic N) is 3. The highest BCUT2D eigenvalue weighted by molar-refractivity contribution is 7.99. The molecule has 0 unspecified atom stereocenters. The first-order valence-corrected chi connectivity index (χ1v) is 7.01. The molecule has 0 spiro atoms. The lowest BCUT2D eigenvalue weighted by Crippen LogP contribution is -2.35. The van der Waals surface area contributed by atoms with Crippen molar-refractivity contribution in [2.24, 2.45) is 0 Å². The van der Waals surface area contributed by atoms with Gasteiger partial charge in [-0.05, 0) is 26.1 Å². The minimum atomic E-state index is 0.649. The van der Waals surface area contributed by atoms with Crippen LogP contribution in [0, 0.1) is 6.92 Å². The van der Waals surface area contributed by atoms with Gasteiger partial charge in [0.05, 0.1) is 6.54 Å². The first-order valence-electron chi connectivity index (χ1n) is 5.72. The zero-order valence-corrected chi connectivity index (χ0v) is 11.0. The van der Waals surface area contributed by atoms with Crippen molar-refractivity contribution in [2.45, 2.75) is 44.0 Å². The van der Waals surface area contributed by atoms with Crippen LogP contribution in [0.4, 0.5) is 0 Å². The summed E-state index contributed by atoms with van der Waals surface area (Å²) in [6.07, 6.45) is 6.16. The third kappa shape index (κ3) is 2.58. The van der Waals surface area contributed by atoms with E-state index in [9.17, 15) is 0 Å². The molecule has 2 atom stereocenters. The van der Waals surface area contributed by atoms with E-state index in [4.69, 9.17) is 4.42 Å². The molecule has 90 valence electrons. The van der Waals surface area contributed by atoms with Crippen molar-refractivity contribution in [3.8, 4) is 0 Å². The Morgan fingerprint density at radius 3 is 2.88 bits per heavy atom. The van der Waals surface area contributed by atoms with Gasteiger partial charge >= 0.3 is 0 Å². The second-order valence-electron chi connectivity index (χ2n) is 4.40. The Morgan fingerprint density at radius 2 is 2.25 bits per heavy atom. The number of hydrogen-bond acceptors (Lipinski definition) is 5. The Kier molecular flexibility index (Phi) is 3.86. The van der Waals surface area contributed by atoms with Crippen LogP contribution in [0.1, 0.15) is 31.0 Å². The molecule has 5 heteroatoms.